The van der Waals surface area contributed by atoms with Crippen molar-refractivity contribution >= 4 is 6.29 Å². The minimum atomic E-state index is -2.68. The van der Waals surface area contributed by atoms with Gasteiger partial charge in [-0.1, -0.05) is 0 Å². The van der Waals surface area contributed by atoms with Gasteiger partial charge >= 0.3 is 0 Å². The van der Waals surface area contributed by atoms with Crippen molar-refractivity contribution in [1.29, 1.82) is 0 Å². The van der Waals surface area contributed by atoms with Gasteiger partial charge in [0.05, 0.1) is 6.61 Å². The molecule has 0 spiro atoms. The van der Waals surface area contributed by atoms with Gasteiger partial charge in [0.15, 0.2) is 12.0 Å². The highest BCUT2D eigenvalue weighted by Crippen LogP contribution is 2.08. The molecule has 7 heteroatoms. The largest absolute Gasteiger partial charge is 0.394 e. The first-order valence-corrected chi connectivity index (χ1v) is 3.45. The van der Waals surface area contributed by atoms with Crippen molar-refractivity contribution in [3.8, 4) is 0 Å². The van der Waals surface area contributed by atoms with E-state index in [-0.39, 0.29) is 6.29 Å². The molecule has 0 heterocycles. The summed E-state index contributed by atoms with van der Waals surface area (Å²) < 4.78 is 6.53. The van der Waals surface area contributed by atoms with Crippen LogP contribution < -0.4 is 5.73 Å². The van der Waals surface area contributed by atoms with Gasteiger partial charge in [0, 0.05) is 0 Å². The van der Waals surface area contributed by atoms with Gasteiger partial charge in [-0.3, -0.25) is 10.5 Å². The van der Waals surface area contributed by atoms with Crippen molar-refractivity contribution < 1.29 is 31.7 Å². The van der Waals surface area contributed by atoms with Gasteiger partial charge in [-0.2, -0.15) is 0 Å². The maximum absolute atomic E-state index is 10.3. The van der Waals surface area contributed by atoms with E-state index in [1.54, 1.807) is 0 Å². The minimum Gasteiger partial charge on any atom is -0.394 e. The Morgan fingerprint density at radius 2 is 2.08 bits per heavy atom. The lowest BCUT2D eigenvalue weighted by atomic mass is 10.00. The summed E-state index contributed by atoms with van der Waals surface area (Å²) in [5, 5.41) is 44.7. The van der Waals surface area contributed by atoms with Gasteiger partial charge < -0.3 is 25.5 Å². The molecule has 0 aromatic rings. The Kier molecular flexibility index (Phi) is 3.72. The van der Waals surface area contributed by atoms with E-state index in [9.17, 15) is 4.79 Å². The molecule has 0 amide bonds. The first-order valence-electron chi connectivity index (χ1n) is 3.95. The molecule has 7 N–H and O–H groups in total. The number of carbonyl (C=O) groups excluding carboxylic acids is 1. The lowest BCUT2D eigenvalue weighted by Crippen LogP contribution is -2.60. The van der Waals surface area contributed by atoms with Gasteiger partial charge in [0.25, 0.3) is 0 Å². The molecular weight excluding hydrogens is 182 g/mol. The molecule has 0 fully saturated rings. The maximum atomic E-state index is 10.3. The molecule has 0 aromatic heterocycles. The second-order valence-corrected chi connectivity index (χ2v) is 2.63. The Labute approximate surface area is 75.5 Å². The van der Waals surface area contributed by atoms with Crippen LogP contribution in [0.25, 0.3) is 0 Å². The van der Waals surface area contributed by atoms with Crippen LogP contribution in [-0.2, 0) is 4.79 Å². The van der Waals surface area contributed by atoms with E-state index in [0.717, 1.165) is 0 Å². The second kappa shape index (κ2) is 4.61. The lowest BCUT2D eigenvalue weighted by molar-refractivity contribution is -0.163. The predicted molar refractivity (Wildman–Crippen MR) is 40.3 cm³/mol. The molecule has 78 valence electrons. The van der Waals surface area contributed by atoms with E-state index < -0.39 is 30.6 Å². The summed E-state index contributed by atoms with van der Waals surface area (Å²) in [6.07, 6.45) is -5.99. The molecule has 0 aromatic carbocycles. The van der Waals surface area contributed by atoms with Crippen LogP contribution in [0.3, 0.4) is 0 Å². The first kappa shape index (κ1) is 10.5. The molecule has 0 aliphatic carbocycles. The highest BCUT2D eigenvalue weighted by Gasteiger charge is 2.39. The average Bonchev–Trinajstić information content (AvgIpc) is 2.24. The first-order chi connectivity index (χ1) is 6.42. The summed E-state index contributed by atoms with van der Waals surface area (Å²) in [6.45, 7) is -0.856. The SMILES string of the molecule is [2H]N[C@](O)(C=O)[C@@H](O)[C@@H](O)[C@H](O)CO. The number of hydrogen-bond acceptors (Lipinski definition) is 7. The Balaban J connectivity index is 4.57. The smallest absolute Gasteiger partial charge is 0.199 e. The maximum Gasteiger partial charge on any atom is 0.199 e. The molecule has 13 heavy (non-hydrogen) atoms. The molecule has 0 radical (unpaired) electrons. The van der Waals surface area contributed by atoms with Crippen molar-refractivity contribution in [3.63, 3.8) is 0 Å². The molecule has 0 unspecified atom stereocenters. The van der Waals surface area contributed by atoms with Crippen LogP contribution in [-0.4, -0.2) is 62.5 Å². The summed E-state index contributed by atoms with van der Waals surface area (Å²) in [5.74, 6) is 0. The van der Waals surface area contributed by atoms with Gasteiger partial charge in [-0.25, -0.2) is 0 Å². The average molecular weight is 196 g/mol. The zero-order valence-electron chi connectivity index (χ0n) is 7.66. The van der Waals surface area contributed by atoms with E-state index in [1.807, 2.05) is 0 Å². The van der Waals surface area contributed by atoms with Gasteiger partial charge in [-0.15, -0.1) is 0 Å². The number of rotatable bonds is 6. The van der Waals surface area contributed by atoms with Crippen molar-refractivity contribution in [2.45, 2.75) is 24.0 Å². The Bertz CT molecular complexity index is 193. The monoisotopic (exact) mass is 196 g/mol. The van der Waals surface area contributed by atoms with E-state index in [1.165, 1.54) is 5.73 Å². The zero-order valence-corrected chi connectivity index (χ0v) is 6.66. The third-order valence-corrected chi connectivity index (χ3v) is 1.54. The van der Waals surface area contributed by atoms with E-state index in [0.29, 0.717) is 0 Å². The van der Waals surface area contributed by atoms with E-state index in [2.05, 4.69) is 0 Å². The summed E-state index contributed by atoms with van der Waals surface area (Å²) in [7, 11) is 0. The van der Waals surface area contributed by atoms with Crippen LogP contribution in [0.1, 0.15) is 0 Å². The van der Waals surface area contributed by atoms with Crippen LogP contribution in [0.2, 0.25) is 1.41 Å². The lowest BCUT2D eigenvalue weighted by Gasteiger charge is -2.28. The van der Waals surface area contributed by atoms with E-state index >= 15 is 0 Å². The fourth-order valence-corrected chi connectivity index (χ4v) is 0.648. The van der Waals surface area contributed by atoms with Crippen LogP contribution in [0, 0.1) is 0 Å². The van der Waals surface area contributed by atoms with Crippen molar-refractivity contribution in [2.24, 2.45) is 5.73 Å². The summed E-state index contributed by atoms with van der Waals surface area (Å²) in [6, 6.07) is 0. The molecule has 0 aliphatic heterocycles. The van der Waals surface area contributed by atoms with Crippen molar-refractivity contribution in [2.75, 3.05) is 6.61 Å². The van der Waals surface area contributed by atoms with Gasteiger partial charge in [-0.05, 0) is 0 Å². The van der Waals surface area contributed by atoms with Crippen molar-refractivity contribution in [1.82, 2.24) is 0 Å². The molecule has 0 saturated heterocycles. The molecule has 0 bridgehead atoms. The minimum absolute atomic E-state index is 0.196. The topological polar surface area (TPSA) is 144 Å². The zero-order chi connectivity index (χ0) is 11.4. The number of aliphatic hydroxyl groups excluding tert-OH is 4. The van der Waals surface area contributed by atoms with Crippen molar-refractivity contribution in [3.05, 3.63) is 0 Å². The normalized spacial score (nSPS) is 23.9. The molecule has 0 rings (SSSR count). The number of carbonyl (C=O) groups is 1. The third kappa shape index (κ3) is 2.99. The van der Waals surface area contributed by atoms with Gasteiger partial charge in [0.1, 0.15) is 19.7 Å². The summed E-state index contributed by atoms with van der Waals surface area (Å²) in [4.78, 5) is 10.3. The summed E-state index contributed by atoms with van der Waals surface area (Å²) >= 11 is 0. The Morgan fingerprint density at radius 3 is 2.38 bits per heavy atom. The fraction of sp³-hybridized carbons (Fsp3) is 0.833. The molecule has 4 atom stereocenters. The molecular formula is C6H13NO6. The third-order valence-electron chi connectivity index (χ3n) is 1.54. The van der Waals surface area contributed by atoms with Crippen LogP contribution in [0.5, 0.6) is 0 Å². The number of hydrogen-bond donors (Lipinski definition) is 6. The standard InChI is InChI=1S/C6H13NO6/c7-6(13,2-9)5(12)4(11)3(10)1-8/h2-5,8,10-13H,1,7H2/t3-,4+,5+,6+/m1/s1/i/hD. The molecule has 7 nitrogen and oxygen atoms in total. The van der Waals surface area contributed by atoms with Crippen LogP contribution in [0.15, 0.2) is 0 Å². The van der Waals surface area contributed by atoms with Crippen LogP contribution >= 0.6 is 0 Å². The molecule has 0 saturated carbocycles. The quantitative estimate of drug-likeness (QED) is 0.187. The molecule has 0 aliphatic rings. The summed E-state index contributed by atoms with van der Waals surface area (Å²) in [5.41, 5.74) is -1.36. The fourth-order valence-electron chi connectivity index (χ4n) is 0.648. The number of aldehydes is 1. The van der Waals surface area contributed by atoms with Crippen LogP contribution in [0.4, 0.5) is 0 Å². The Morgan fingerprint density at radius 1 is 1.54 bits per heavy atom. The Hall–Kier alpha value is -0.570. The van der Waals surface area contributed by atoms with E-state index in [4.69, 9.17) is 26.9 Å². The number of aliphatic hydroxyl groups is 5. The number of nitrogens with two attached hydrogens (primary N) is 1. The second-order valence-electron chi connectivity index (χ2n) is 2.63. The predicted octanol–water partition coefficient (Wildman–Crippen LogP) is -4.09. The highest BCUT2D eigenvalue weighted by atomic mass is 16.4. The highest BCUT2D eigenvalue weighted by molar-refractivity contribution is 5.62. The van der Waals surface area contributed by atoms with Gasteiger partial charge in [0.2, 0.25) is 0 Å².